The van der Waals surface area contributed by atoms with Gasteiger partial charge in [0.2, 0.25) is 0 Å². The zero-order chi connectivity index (χ0) is 23.4. The minimum absolute atomic E-state index is 0.0658. The summed E-state index contributed by atoms with van der Waals surface area (Å²) in [5.41, 5.74) is 2.83. The summed E-state index contributed by atoms with van der Waals surface area (Å²) in [6, 6.07) is 20.2. The van der Waals surface area contributed by atoms with Crippen LogP contribution in [0.5, 0.6) is 0 Å². The molecule has 1 aliphatic heterocycles. The van der Waals surface area contributed by atoms with Gasteiger partial charge in [0.05, 0.1) is 23.2 Å². The Morgan fingerprint density at radius 1 is 1.21 bits per heavy atom. The Morgan fingerprint density at radius 3 is 2.76 bits per heavy atom. The third kappa shape index (κ3) is 5.13. The number of rotatable bonds is 8. The smallest absolute Gasteiger partial charge is 0.313 e. The molecule has 0 radical (unpaired) electrons. The first kappa shape index (κ1) is 23.1. The van der Waals surface area contributed by atoms with Crippen LogP contribution in [0.3, 0.4) is 0 Å². The normalized spacial score (nSPS) is 16.3. The molecule has 33 heavy (non-hydrogen) atoms. The molecule has 2 heterocycles. The summed E-state index contributed by atoms with van der Waals surface area (Å²) >= 11 is 6.33. The second kappa shape index (κ2) is 9.81. The molecule has 3 aromatic rings. The molecule has 1 aliphatic rings. The molecule has 2 aromatic carbocycles. The molecular formula is C26H29ClN4O2. The number of carbonyl (C=O) groups is 1. The second-order valence-electron chi connectivity index (χ2n) is 8.87. The van der Waals surface area contributed by atoms with Crippen LogP contribution in [0.2, 0.25) is 5.02 Å². The number of nitrogens with zero attached hydrogens (tertiary/aromatic N) is 1. The van der Waals surface area contributed by atoms with Crippen LogP contribution in [0.15, 0.2) is 66.9 Å². The highest BCUT2D eigenvalue weighted by Crippen LogP contribution is 2.32. The lowest BCUT2D eigenvalue weighted by atomic mass is 9.83. The summed E-state index contributed by atoms with van der Waals surface area (Å²) in [5.74, 6) is -0.0386. The van der Waals surface area contributed by atoms with E-state index in [4.69, 9.17) is 11.6 Å². The van der Waals surface area contributed by atoms with Crippen molar-refractivity contribution in [3.8, 4) is 0 Å². The number of benzene rings is 2. The van der Waals surface area contributed by atoms with Crippen LogP contribution in [0.4, 0.5) is 11.5 Å². The van der Waals surface area contributed by atoms with Crippen molar-refractivity contribution in [1.82, 2.24) is 10.3 Å². The molecule has 4 N–H and O–H groups in total. The number of carboxylic acid groups (broad SMARTS) is 1. The number of anilines is 2. The van der Waals surface area contributed by atoms with Crippen molar-refractivity contribution in [2.24, 2.45) is 0 Å². The fourth-order valence-electron chi connectivity index (χ4n) is 4.16. The average molecular weight is 465 g/mol. The van der Waals surface area contributed by atoms with Crippen molar-refractivity contribution in [2.45, 2.75) is 37.8 Å². The Hall–Kier alpha value is -3.09. The molecule has 0 amide bonds. The lowest BCUT2D eigenvalue weighted by molar-refractivity contribution is -0.142. The summed E-state index contributed by atoms with van der Waals surface area (Å²) in [5, 5.41) is 20.8. The van der Waals surface area contributed by atoms with Crippen molar-refractivity contribution in [3.63, 3.8) is 0 Å². The number of pyridine rings is 1. The molecule has 7 heteroatoms. The van der Waals surface area contributed by atoms with Gasteiger partial charge in [0, 0.05) is 17.8 Å². The lowest BCUT2D eigenvalue weighted by Crippen LogP contribution is -2.44. The van der Waals surface area contributed by atoms with Gasteiger partial charge in [0.1, 0.15) is 5.82 Å². The number of halogens is 1. The lowest BCUT2D eigenvalue weighted by Gasteiger charge is -2.34. The first-order valence-corrected chi connectivity index (χ1v) is 11.5. The first-order valence-electron chi connectivity index (χ1n) is 11.1. The number of hydrogen-bond acceptors (Lipinski definition) is 5. The summed E-state index contributed by atoms with van der Waals surface area (Å²) < 4.78 is 0. The van der Waals surface area contributed by atoms with Gasteiger partial charge in [-0.15, -0.1) is 0 Å². The minimum atomic E-state index is -1.05. The fourth-order valence-corrected chi connectivity index (χ4v) is 4.51. The van der Waals surface area contributed by atoms with Crippen molar-refractivity contribution in [1.29, 1.82) is 0 Å². The SMILES string of the molecule is CC(C)(C(=O)O)c1cc(CCN[C@H](c2ccccc2)[C@H]2CNc3cccnc3N2)ccc1Cl. The zero-order valence-corrected chi connectivity index (χ0v) is 19.6. The monoisotopic (exact) mass is 464 g/mol. The largest absolute Gasteiger partial charge is 0.481 e. The Labute approximate surface area is 199 Å². The summed E-state index contributed by atoms with van der Waals surface area (Å²) in [6.45, 7) is 4.85. The predicted molar refractivity (Wildman–Crippen MR) is 133 cm³/mol. The van der Waals surface area contributed by atoms with Gasteiger partial charge in [0.15, 0.2) is 0 Å². The van der Waals surface area contributed by atoms with Gasteiger partial charge in [-0.05, 0) is 61.7 Å². The molecule has 6 nitrogen and oxygen atoms in total. The van der Waals surface area contributed by atoms with E-state index >= 15 is 0 Å². The van der Waals surface area contributed by atoms with Gasteiger partial charge >= 0.3 is 5.97 Å². The third-order valence-corrected chi connectivity index (χ3v) is 6.55. The molecule has 0 unspecified atom stereocenters. The third-order valence-electron chi connectivity index (χ3n) is 6.22. The first-order chi connectivity index (χ1) is 15.9. The van der Waals surface area contributed by atoms with Crippen LogP contribution in [0.25, 0.3) is 0 Å². The topological polar surface area (TPSA) is 86.3 Å². The Morgan fingerprint density at radius 2 is 2.00 bits per heavy atom. The van der Waals surface area contributed by atoms with Gasteiger partial charge in [-0.25, -0.2) is 4.98 Å². The van der Waals surface area contributed by atoms with Gasteiger partial charge in [-0.1, -0.05) is 54.1 Å². The van der Waals surface area contributed by atoms with Crippen LogP contribution >= 0.6 is 11.6 Å². The van der Waals surface area contributed by atoms with E-state index in [2.05, 4.69) is 33.1 Å². The summed E-state index contributed by atoms with van der Waals surface area (Å²) in [6.07, 6.45) is 2.54. The highest BCUT2D eigenvalue weighted by molar-refractivity contribution is 6.31. The van der Waals surface area contributed by atoms with E-state index in [0.29, 0.717) is 10.6 Å². The van der Waals surface area contributed by atoms with E-state index in [9.17, 15) is 9.90 Å². The van der Waals surface area contributed by atoms with Crippen molar-refractivity contribution >= 4 is 29.1 Å². The molecule has 2 atom stereocenters. The molecule has 0 saturated heterocycles. The van der Waals surface area contributed by atoms with Gasteiger partial charge in [-0.3, -0.25) is 4.79 Å². The van der Waals surface area contributed by atoms with Crippen LogP contribution in [0.1, 0.15) is 36.6 Å². The standard InChI is InChI=1S/C26H29ClN4O2/c1-26(2,25(32)33)19-15-17(10-11-20(19)27)12-14-28-23(18-7-4-3-5-8-18)22-16-30-21-9-6-13-29-24(21)31-22/h3-11,13,15,22-23,28,30H,12,14,16H2,1-2H3,(H,29,31)(H,32,33)/t22-,23-/m1/s1. The van der Waals surface area contributed by atoms with Crippen LogP contribution in [-0.4, -0.2) is 35.2 Å². The predicted octanol–water partition coefficient (Wildman–Crippen LogP) is 4.88. The summed E-state index contributed by atoms with van der Waals surface area (Å²) in [4.78, 5) is 16.2. The van der Waals surface area contributed by atoms with Crippen molar-refractivity contribution in [2.75, 3.05) is 23.7 Å². The molecule has 172 valence electrons. The number of nitrogens with one attached hydrogen (secondary N) is 3. The number of hydrogen-bond donors (Lipinski definition) is 4. The van der Waals surface area contributed by atoms with Crippen LogP contribution in [-0.2, 0) is 16.6 Å². The number of aromatic nitrogens is 1. The van der Waals surface area contributed by atoms with E-state index in [-0.39, 0.29) is 12.1 Å². The van der Waals surface area contributed by atoms with Crippen LogP contribution < -0.4 is 16.0 Å². The summed E-state index contributed by atoms with van der Waals surface area (Å²) in [7, 11) is 0. The quantitative estimate of drug-likeness (QED) is 0.380. The Kier molecular flexibility index (Phi) is 6.86. The molecule has 1 aromatic heterocycles. The molecule has 0 aliphatic carbocycles. The van der Waals surface area contributed by atoms with E-state index in [1.807, 2.05) is 42.5 Å². The highest BCUT2D eigenvalue weighted by atomic mass is 35.5. The number of carboxylic acids is 1. The Balaban J connectivity index is 1.49. The van der Waals surface area contributed by atoms with Gasteiger partial charge < -0.3 is 21.1 Å². The maximum Gasteiger partial charge on any atom is 0.313 e. The van der Waals surface area contributed by atoms with E-state index < -0.39 is 11.4 Å². The van der Waals surface area contributed by atoms with E-state index in [0.717, 1.165) is 36.6 Å². The molecule has 0 spiro atoms. The fraction of sp³-hybridized carbons (Fsp3) is 0.308. The zero-order valence-electron chi connectivity index (χ0n) is 18.8. The maximum absolute atomic E-state index is 11.7. The van der Waals surface area contributed by atoms with Crippen molar-refractivity contribution < 1.29 is 9.90 Å². The number of fused-ring (bicyclic) bond motifs is 1. The minimum Gasteiger partial charge on any atom is -0.481 e. The second-order valence-corrected chi connectivity index (χ2v) is 9.28. The van der Waals surface area contributed by atoms with Crippen molar-refractivity contribution in [3.05, 3.63) is 88.6 Å². The highest BCUT2D eigenvalue weighted by Gasteiger charge is 2.32. The maximum atomic E-state index is 11.7. The molecule has 0 saturated carbocycles. The van der Waals surface area contributed by atoms with Gasteiger partial charge in [0.25, 0.3) is 0 Å². The molecule has 4 rings (SSSR count). The average Bonchev–Trinajstić information content (AvgIpc) is 2.83. The Bertz CT molecular complexity index is 1120. The molecule has 0 bridgehead atoms. The van der Waals surface area contributed by atoms with Crippen LogP contribution in [0, 0.1) is 0 Å². The van der Waals surface area contributed by atoms with E-state index in [1.54, 1.807) is 26.1 Å². The molecular weight excluding hydrogens is 436 g/mol. The number of aliphatic carboxylic acids is 1. The van der Waals surface area contributed by atoms with E-state index in [1.165, 1.54) is 5.56 Å². The molecule has 0 fully saturated rings. The van der Waals surface area contributed by atoms with Gasteiger partial charge in [-0.2, -0.15) is 0 Å².